The molecule has 7 nitrogen and oxygen atoms in total. The average Bonchev–Trinajstić information content (AvgIpc) is 3.19. The second kappa shape index (κ2) is 9.55. The van der Waals surface area contributed by atoms with Gasteiger partial charge in [0.25, 0.3) is 5.89 Å². The first-order chi connectivity index (χ1) is 14.7. The Morgan fingerprint density at radius 1 is 1.06 bits per heavy atom. The van der Waals surface area contributed by atoms with Gasteiger partial charge in [0.05, 0.1) is 23.7 Å². The van der Waals surface area contributed by atoms with Crippen molar-refractivity contribution in [2.75, 3.05) is 5.32 Å². The second-order valence-electron chi connectivity index (χ2n) is 8.03. The zero-order chi connectivity index (χ0) is 22.5. The highest BCUT2D eigenvalue weighted by molar-refractivity contribution is 5.96. The molecular weight excluding hydrogens is 392 g/mol. The van der Waals surface area contributed by atoms with Gasteiger partial charge in [-0.25, -0.2) is 0 Å². The number of hydrogen-bond donors (Lipinski definition) is 2. The minimum absolute atomic E-state index is 0.0947. The summed E-state index contributed by atoms with van der Waals surface area (Å²) in [7, 11) is 0. The monoisotopic (exact) mass is 420 g/mol. The van der Waals surface area contributed by atoms with E-state index < -0.39 is 6.04 Å². The van der Waals surface area contributed by atoms with Crippen molar-refractivity contribution in [3.63, 3.8) is 0 Å². The summed E-state index contributed by atoms with van der Waals surface area (Å²) in [6.07, 6.45) is 0.0947. The zero-order valence-corrected chi connectivity index (χ0v) is 18.5. The Morgan fingerprint density at radius 3 is 2.39 bits per heavy atom. The fourth-order valence-corrected chi connectivity index (χ4v) is 3.26. The molecule has 162 valence electrons. The molecule has 3 rings (SSSR count). The van der Waals surface area contributed by atoms with E-state index in [4.69, 9.17) is 4.52 Å². The van der Waals surface area contributed by atoms with Crippen LogP contribution < -0.4 is 10.6 Å². The number of benzene rings is 2. The number of carbonyl (C=O) groups is 2. The van der Waals surface area contributed by atoms with Crippen LogP contribution in [0.2, 0.25) is 0 Å². The molecule has 3 aromatic rings. The SMILES string of the molecule is CC(=O)NC(CC(=O)Nc1c(C)cccc1-c1nc(C(C)C)no1)c1ccc(C)cc1. The van der Waals surface area contributed by atoms with Gasteiger partial charge >= 0.3 is 0 Å². The van der Waals surface area contributed by atoms with E-state index in [1.165, 1.54) is 6.92 Å². The molecule has 1 unspecified atom stereocenters. The lowest BCUT2D eigenvalue weighted by Crippen LogP contribution is -2.30. The molecule has 0 saturated carbocycles. The minimum Gasteiger partial charge on any atom is -0.349 e. The smallest absolute Gasteiger partial charge is 0.260 e. The Morgan fingerprint density at radius 2 is 1.77 bits per heavy atom. The zero-order valence-electron chi connectivity index (χ0n) is 18.5. The van der Waals surface area contributed by atoms with Crippen molar-refractivity contribution in [1.29, 1.82) is 0 Å². The van der Waals surface area contributed by atoms with Crippen molar-refractivity contribution in [3.8, 4) is 11.5 Å². The van der Waals surface area contributed by atoms with Crippen LogP contribution in [0.5, 0.6) is 0 Å². The van der Waals surface area contributed by atoms with Crippen molar-refractivity contribution in [1.82, 2.24) is 15.5 Å². The lowest BCUT2D eigenvalue weighted by molar-refractivity contribution is -0.120. The van der Waals surface area contributed by atoms with E-state index in [0.717, 1.165) is 16.7 Å². The molecule has 0 saturated heterocycles. The lowest BCUT2D eigenvalue weighted by Gasteiger charge is -2.19. The molecule has 7 heteroatoms. The first-order valence-corrected chi connectivity index (χ1v) is 10.3. The van der Waals surface area contributed by atoms with Crippen LogP contribution in [0.4, 0.5) is 5.69 Å². The van der Waals surface area contributed by atoms with E-state index in [0.29, 0.717) is 23.0 Å². The minimum atomic E-state index is -0.429. The molecular formula is C24H28N4O3. The van der Waals surface area contributed by atoms with E-state index in [1.54, 1.807) is 0 Å². The number of rotatable bonds is 7. The second-order valence-corrected chi connectivity index (χ2v) is 8.03. The molecule has 1 heterocycles. The van der Waals surface area contributed by atoms with Crippen LogP contribution in [0.25, 0.3) is 11.5 Å². The van der Waals surface area contributed by atoms with Crippen LogP contribution in [0, 0.1) is 13.8 Å². The third kappa shape index (κ3) is 5.57. The van der Waals surface area contributed by atoms with Crippen LogP contribution in [-0.2, 0) is 9.59 Å². The predicted octanol–water partition coefficient (Wildman–Crippen LogP) is 4.68. The summed E-state index contributed by atoms with van der Waals surface area (Å²) >= 11 is 0. The number of aromatic nitrogens is 2. The van der Waals surface area contributed by atoms with Gasteiger partial charge in [-0.15, -0.1) is 0 Å². The van der Waals surface area contributed by atoms with Crippen molar-refractivity contribution >= 4 is 17.5 Å². The molecule has 1 aromatic heterocycles. The lowest BCUT2D eigenvalue weighted by atomic mass is 10.0. The molecule has 2 aromatic carbocycles. The third-order valence-corrected chi connectivity index (χ3v) is 4.97. The molecule has 2 N–H and O–H groups in total. The van der Waals surface area contributed by atoms with Crippen LogP contribution >= 0.6 is 0 Å². The molecule has 0 bridgehead atoms. The maximum atomic E-state index is 13.0. The van der Waals surface area contributed by atoms with Crippen molar-refractivity contribution < 1.29 is 14.1 Å². The summed E-state index contributed by atoms with van der Waals surface area (Å²) in [5.41, 5.74) is 4.15. The molecule has 0 aliphatic heterocycles. The predicted molar refractivity (Wildman–Crippen MR) is 120 cm³/mol. The Hall–Kier alpha value is -3.48. The largest absolute Gasteiger partial charge is 0.349 e. The van der Waals surface area contributed by atoms with Crippen molar-refractivity contribution in [3.05, 3.63) is 65.0 Å². The average molecular weight is 421 g/mol. The van der Waals surface area contributed by atoms with Gasteiger partial charge in [-0.1, -0.05) is 61.0 Å². The van der Waals surface area contributed by atoms with Gasteiger partial charge in [0.2, 0.25) is 11.8 Å². The number of nitrogens with one attached hydrogen (secondary N) is 2. The summed E-state index contributed by atoms with van der Waals surface area (Å²) < 4.78 is 5.43. The molecule has 0 aliphatic rings. The topological polar surface area (TPSA) is 97.1 Å². The Kier molecular flexibility index (Phi) is 6.84. The van der Waals surface area contributed by atoms with Crippen molar-refractivity contribution in [2.24, 2.45) is 0 Å². The standard InChI is InChI=1S/C24H28N4O3/c1-14(2)23-27-24(31-28-23)19-8-6-7-16(4)22(19)26-21(30)13-20(25-17(5)29)18-11-9-15(3)10-12-18/h6-12,14,20H,13H2,1-5H3,(H,25,29)(H,26,30). The van der Waals surface area contributed by atoms with E-state index in [1.807, 2.05) is 70.2 Å². The van der Waals surface area contributed by atoms with Gasteiger partial charge in [-0.3, -0.25) is 9.59 Å². The highest BCUT2D eigenvalue weighted by Crippen LogP contribution is 2.31. The van der Waals surface area contributed by atoms with E-state index in [2.05, 4.69) is 20.8 Å². The third-order valence-electron chi connectivity index (χ3n) is 4.97. The molecule has 0 spiro atoms. The number of nitrogens with zero attached hydrogens (tertiary/aromatic N) is 2. The van der Waals surface area contributed by atoms with Crippen LogP contribution in [0.15, 0.2) is 47.0 Å². The van der Waals surface area contributed by atoms with Gasteiger partial charge in [-0.05, 0) is 31.0 Å². The number of para-hydroxylation sites is 1. The van der Waals surface area contributed by atoms with Gasteiger partial charge in [0, 0.05) is 12.8 Å². The summed E-state index contributed by atoms with van der Waals surface area (Å²) in [5.74, 6) is 0.687. The molecule has 31 heavy (non-hydrogen) atoms. The number of aryl methyl sites for hydroxylation is 2. The van der Waals surface area contributed by atoms with E-state index in [-0.39, 0.29) is 24.2 Å². The fourth-order valence-electron chi connectivity index (χ4n) is 3.26. The van der Waals surface area contributed by atoms with Crippen LogP contribution in [0.1, 0.15) is 61.7 Å². The molecule has 2 amide bonds. The quantitative estimate of drug-likeness (QED) is 0.578. The van der Waals surface area contributed by atoms with Gasteiger partial charge in [0.1, 0.15) is 0 Å². The summed E-state index contributed by atoms with van der Waals surface area (Å²) in [5, 5.41) is 9.87. The number of carbonyl (C=O) groups excluding carboxylic acids is 2. The first-order valence-electron chi connectivity index (χ1n) is 10.3. The highest BCUT2D eigenvalue weighted by Gasteiger charge is 2.21. The normalized spacial score (nSPS) is 11.9. The van der Waals surface area contributed by atoms with Crippen LogP contribution in [0.3, 0.4) is 0 Å². The van der Waals surface area contributed by atoms with E-state index >= 15 is 0 Å². The van der Waals surface area contributed by atoms with Gasteiger partial charge in [0.15, 0.2) is 5.82 Å². The van der Waals surface area contributed by atoms with Gasteiger partial charge < -0.3 is 15.2 Å². The fraction of sp³-hybridized carbons (Fsp3) is 0.333. The van der Waals surface area contributed by atoms with Gasteiger partial charge in [-0.2, -0.15) is 4.98 Å². The summed E-state index contributed by atoms with van der Waals surface area (Å²) in [6, 6.07) is 13.0. The number of hydrogen-bond acceptors (Lipinski definition) is 5. The summed E-state index contributed by atoms with van der Waals surface area (Å²) in [4.78, 5) is 29.1. The van der Waals surface area contributed by atoms with E-state index in [9.17, 15) is 9.59 Å². The van der Waals surface area contributed by atoms with Crippen molar-refractivity contribution in [2.45, 2.75) is 53.0 Å². The molecule has 0 fully saturated rings. The summed E-state index contributed by atoms with van der Waals surface area (Å²) in [6.45, 7) is 9.32. The maximum Gasteiger partial charge on any atom is 0.260 e. The molecule has 0 aliphatic carbocycles. The Balaban J connectivity index is 1.84. The maximum absolute atomic E-state index is 13.0. The molecule has 0 radical (unpaired) electrons. The van der Waals surface area contributed by atoms with Crippen LogP contribution in [-0.4, -0.2) is 22.0 Å². The Bertz CT molecular complexity index is 1070. The highest BCUT2D eigenvalue weighted by atomic mass is 16.5. The number of amides is 2. The molecule has 1 atom stereocenters. The Labute approximate surface area is 182 Å². The number of anilines is 1. The first kappa shape index (κ1) is 22.2.